The second kappa shape index (κ2) is 9.88. The van der Waals surface area contributed by atoms with E-state index in [2.05, 4.69) is 140 Å². The topological polar surface area (TPSA) is 47.6 Å². The third-order valence-electron chi connectivity index (χ3n) is 10.3. The van der Waals surface area contributed by atoms with Crippen LogP contribution in [0.5, 0.6) is 0 Å². The maximum atomic E-state index is 10.1. The Hall–Kier alpha value is -6.74. The minimum absolute atomic E-state index is 0.630. The maximum Gasteiger partial charge on any atom is 0.0998 e. The van der Waals surface area contributed by atoms with Gasteiger partial charge >= 0.3 is 0 Å². The van der Waals surface area contributed by atoms with Crippen LogP contribution in [0.4, 0.5) is 0 Å². The zero-order valence-electron chi connectivity index (χ0n) is 25.8. The van der Waals surface area contributed by atoms with Crippen LogP contribution in [0.1, 0.15) is 11.1 Å². The van der Waals surface area contributed by atoms with Crippen molar-refractivity contribution in [2.45, 2.75) is 0 Å². The van der Waals surface area contributed by atoms with Gasteiger partial charge in [-0.05, 0) is 118 Å². The summed E-state index contributed by atoms with van der Waals surface area (Å²) in [5.41, 5.74) is 17.8. The van der Waals surface area contributed by atoms with E-state index >= 15 is 0 Å². The molecule has 0 N–H and O–H groups in total. The number of rotatable bonds is 3. The Balaban J connectivity index is 1.39. The molecule has 0 fully saturated rings. The van der Waals surface area contributed by atoms with Crippen LogP contribution >= 0.6 is 0 Å². The third kappa shape index (κ3) is 3.49. The Morgan fingerprint density at radius 3 is 1.69 bits per heavy atom. The number of hydrogen-bond donors (Lipinski definition) is 0. The predicted molar refractivity (Wildman–Crippen MR) is 196 cm³/mol. The molecule has 8 aromatic rings. The highest BCUT2D eigenvalue weighted by Gasteiger charge is 2.32. The van der Waals surface area contributed by atoms with Crippen molar-refractivity contribution in [2.24, 2.45) is 0 Å². The Morgan fingerprint density at radius 2 is 0.938 bits per heavy atom. The summed E-state index contributed by atoms with van der Waals surface area (Å²) < 4.78 is 0. The molecule has 0 heterocycles. The molecule has 48 heavy (non-hydrogen) atoms. The molecule has 0 aromatic heterocycles. The lowest BCUT2D eigenvalue weighted by molar-refractivity contribution is 1.48. The Kier molecular flexibility index (Phi) is 5.45. The summed E-state index contributed by atoms with van der Waals surface area (Å²) in [6.07, 6.45) is 0. The van der Waals surface area contributed by atoms with Crippen LogP contribution in [-0.4, -0.2) is 0 Å². The molecule has 0 aliphatic heterocycles. The van der Waals surface area contributed by atoms with Gasteiger partial charge in [-0.1, -0.05) is 121 Å². The quantitative estimate of drug-likeness (QED) is 0.201. The molecule has 2 nitrogen and oxygen atoms in total. The molecule has 0 atom stereocenters. The zero-order chi connectivity index (χ0) is 31.9. The van der Waals surface area contributed by atoms with Crippen LogP contribution in [0.3, 0.4) is 0 Å². The normalized spacial score (nSPS) is 11.7. The number of fused-ring (bicyclic) bond motifs is 6. The molecule has 0 radical (unpaired) electrons. The van der Waals surface area contributed by atoms with E-state index in [1.54, 1.807) is 0 Å². The average molecular weight is 605 g/mol. The third-order valence-corrected chi connectivity index (χ3v) is 10.3. The summed E-state index contributed by atoms with van der Waals surface area (Å²) in [6, 6.07) is 56.1. The molecule has 0 saturated heterocycles. The SMILES string of the molecule is N#Cc1ccc(-c2c(-c3ccc4c5c(cccc35)-c3ccccc3-4)cc(-c3ccccc3)c3c2-c2cccc4c(C#N)ccc-3c24)cc1. The van der Waals surface area contributed by atoms with E-state index in [4.69, 9.17) is 0 Å². The van der Waals surface area contributed by atoms with Gasteiger partial charge in [0.05, 0.1) is 23.3 Å². The van der Waals surface area contributed by atoms with Crippen LogP contribution in [0, 0.1) is 22.7 Å². The fraction of sp³-hybridized carbons (Fsp3) is 0. The van der Waals surface area contributed by atoms with E-state index in [9.17, 15) is 10.5 Å². The molecule has 8 aromatic carbocycles. The van der Waals surface area contributed by atoms with Gasteiger partial charge in [-0.2, -0.15) is 10.5 Å². The van der Waals surface area contributed by atoms with Gasteiger partial charge in [0.2, 0.25) is 0 Å². The second-order valence-electron chi connectivity index (χ2n) is 12.6. The Morgan fingerprint density at radius 1 is 0.333 bits per heavy atom. The van der Waals surface area contributed by atoms with E-state index < -0.39 is 0 Å². The van der Waals surface area contributed by atoms with Gasteiger partial charge in [-0.3, -0.25) is 0 Å². The highest BCUT2D eigenvalue weighted by Crippen LogP contribution is 2.58. The van der Waals surface area contributed by atoms with Crippen molar-refractivity contribution in [1.82, 2.24) is 0 Å². The molecule has 218 valence electrons. The van der Waals surface area contributed by atoms with E-state index in [0.717, 1.165) is 49.7 Å². The molecular weight excluding hydrogens is 581 g/mol. The smallest absolute Gasteiger partial charge is 0.0998 e. The molecule has 2 aliphatic carbocycles. The van der Waals surface area contributed by atoms with Crippen molar-refractivity contribution in [3.05, 3.63) is 157 Å². The molecule has 10 rings (SSSR count). The van der Waals surface area contributed by atoms with Gasteiger partial charge < -0.3 is 0 Å². The minimum atomic E-state index is 0.630. The molecule has 0 spiro atoms. The first-order valence-corrected chi connectivity index (χ1v) is 16.1. The average Bonchev–Trinajstić information content (AvgIpc) is 3.67. The lowest BCUT2D eigenvalue weighted by atomic mass is 9.81. The van der Waals surface area contributed by atoms with Crippen LogP contribution in [0.2, 0.25) is 0 Å². The lowest BCUT2D eigenvalue weighted by Crippen LogP contribution is -1.95. The standard InChI is InChI=1S/C46H24N2/c47-25-27-16-18-29(19-17-27)42-41(34-22-23-37-33-11-5-4-10-32(33)35-13-7-14-36(34)44(35)37)24-40(28-8-2-1-3-9-28)45-39-21-20-30(26-48)31-12-6-15-38(43(31)39)46(42)45/h1-24H. The fourth-order valence-electron chi connectivity index (χ4n) is 8.27. The largest absolute Gasteiger partial charge is 0.192 e. The monoisotopic (exact) mass is 604 g/mol. The number of nitrogens with zero attached hydrogens (tertiary/aromatic N) is 2. The first-order valence-electron chi connectivity index (χ1n) is 16.1. The predicted octanol–water partition coefficient (Wildman–Crippen LogP) is 12.0. The summed E-state index contributed by atoms with van der Waals surface area (Å²) in [4.78, 5) is 0. The van der Waals surface area contributed by atoms with Crippen molar-refractivity contribution in [2.75, 3.05) is 0 Å². The lowest BCUT2D eigenvalue weighted by Gasteiger charge is -2.22. The molecule has 0 unspecified atom stereocenters. The van der Waals surface area contributed by atoms with Crippen LogP contribution < -0.4 is 0 Å². The van der Waals surface area contributed by atoms with Gasteiger partial charge in [0.25, 0.3) is 0 Å². The van der Waals surface area contributed by atoms with Gasteiger partial charge in [0, 0.05) is 5.39 Å². The van der Waals surface area contributed by atoms with Crippen LogP contribution in [0.25, 0.3) is 99.4 Å². The summed E-state index contributed by atoms with van der Waals surface area (Å²) in [7, 11) is 0. The molecule has 2 aliphatic rings. The molecule has 0 bridgehead atoms. The zero-order valence-corrected chi connectivity index (χ0v) is 25.8. The van der Waals surface area contributed by atoms with E-state index in [-0.39, 0.29) is 0 Å². The molecule has 0 amide bonds. The van der Waals surface area contributed by atoms with E-state index in [1.807, 2.05) is 18.2 Å². The Labute approximate surface area is 278 Å². The van der Waals surface area contributed by atoms with Crippen molar-refractivity contribution in [3.8, 4) is 90.0 Å². The van der Waals surface area contributed by atoms with E-state index in [1.165, 1.54) is 49.7 Å². The summed E-state index contributed by atoms with van der Waals surface area (Å²) in [5, 5.41) is 24.4. The van der Waals surface area contributed by atoms with Gasteiger partial charge in [0.15, 0.2) is 0 Å². The first-order chi connectivity index (χ1) is 23.7. The minimum Gasteiger partial charge on any atom is -0.192 e. The second-order valence-corrected chi connectivity index (χ2v) is 12.6. The number of hydrogen-bond acceptors (Lipinski definition) is 2. The van der Waals surface area contributed by atoms with Crippen molar-refractivity contribution in [3.63, 3.8) is 0 Å². The fourth-order valence-corrected chi connectivity index (χ4v) is 8.27. The van der Waals surface area contributed by atoms with E-state index in [0.29, 0.717) is 11.1 Å². The van der Waals surface area contributed by atoms with Crippen molar-refractivity contribution >= 4 is 21.5 Å². The van der Waals surface area contributed by atoms with Crippen LogP contribution in [0.15, 0.2) is 146 Å². The van der Waals surface area contributed by atoms with Crippen molar-refractivity contribution in [1.29, 1.82) is 10.5 Å². The van der Waals surface area contributed by atoms with Crippen molar-refractivity contribution < 1.29 is 0 Å². The molecular formula is C46H24N2. The summed E-state index contributed by atoms with van der Waals surface area (Å²) >= 11 is 0. The van der Waals surface area contributed by atoms with Gasteiger partial charge in [0.1, 0.15) is 0 Å². The van der Waals surface area contributed by atoms with Gasteiger partial charge in [-0.25, -0.2) is 0 Å². The summed E-state index contributed by atoms with van der Waals surface area (Å²) in [5.74, 6) is 0. The number of benzene rings is 8. The van der Waals surface area contributed by atoms with Crippen LogP contribution in [-0.2, 0) is 0 Å². The Bertz CT molecular complexity index is 2740. The molecule has 2 heteroatoms. The first kappa shape index (κ1) is 26.5. The molecule has 0 saturated carbocycles. The highest BCUT2D eigenvalue weighted by atomic mass is 14.3. The maximum absolute atomic E-state index is 10.1. The highest BCUT2D eigenvalue weighted by molar-refractivity contribution is 6.25. The summed E-state index contributed by atoms with van der Waals surface area (Å²) in [6.45, 7) is 0. The van der Waals surface area contributed by atoms with Gasteiger partial charge in [-0.15, -0.1) is 0 Å². The number of nitriles is 2.